The summed E-state index contributed by atoms with van der Waals surface area (Å²) in [4.78, 5) is 44.2. The summed E-state index contributed by atoms with van der Waals surface area (Å²) in [6, 6.07) is 19.4. The van der Waals surface area contributed by atoms with Gasteiger partial charge in [-0.25, -0.2) is 10.3 Å². The Bertz CT molecular complexity index is 1370. The van der Waals surface area contributed by atoms with Crippen LogP contribution in [0, 0.1) is 6.92 Å². The summed E-state index contributed by atoms with van der Waals surface area (Å²) in [7, 11) is 3.83. The second kappa shape index (κ2) is 11.1. The highest BCUT2D eigenvalue weighted by Crippen LogP contribution is 2.39. The van der Waals surface area contributed by atoms with Crippen molar-refractivity contribution >= 4 is 40.4 Å². The molecule has 4 N–H and O–H groups in total. The van der Waals surface area contributed by atoms with Crippen LogP contribution in [0.1, 0.15) is 37.4 Å². The third kappa shape index (κ3) is 5.85. The summed E-state index contributed by atoms with van der Waals surface area (Å²) < 4.78 is 0. The van der Waals surface area contributed by atoms with Crippen LogP contribution in [0.25, 0.3) is 11.3 Å². The van der Waals surface area contributed by atoms with Gasteiger partial charge in [0, 0.05) is 23.4 Å². The number of nitrogens with one attached hydrogen (secondary N) is 3. The zero-order chi connectivity index (χ0) is 26.5. The zero-order valence-corrected chi connectivity index (χ0v) is 20.8. The lowest BCUT2D eigenvalue weighted by Crippen LogP contribution is -2.28. The minimum atomic E-state index is -1.05. The predicted octanol–water partition coefficient (Wildman–Crippen LogP) is 3.85. The molecule has 0 unspecified atom stereocenters. The normalized spacial score (nSPS) is 13.7. The number of aryl methyl sites for hydroxylation is 1. The highest BCUT2D eigenvalue weighted by atomic mass is 16.6. The van der Waals surface area contributed by atoms with Crippen LogP contribution in [0.15, 0.2) is 66.7 Å². The Morgan fingerprint density at radius 3 is 2.35 bits per heavy atom. The summed E-state index contributed by atoms with van der Waals surface area (Å²) in [5, 5.41) is 15.6. The van der Waals surface area contributed by atoms with Gasteiger partial charge in [0.2, 0.25) is 0 Å². The molecule has 1 aliphatic rings. The Hall–Kier alpha value is -4.47. The maximum Gasteiger partial charge on any atom is 0.336 e. The molecule has 0 radical (unpaired) electrons. The van der Waals surface area contributed by atoms with Crippen LogP contribution >= 0.6 is 0 Å². The molecule has 2 amide bonds. The van der Waals surface area contributed by atoms with Crippen molar-refractivity contribution in [1.29, 1.82) is 0 Å². The molecule has 3 aromatic rings. The maximum atomic E-state index is 13.1. The van der Waals surface area contributed by atoms with Crippen LogP contribution in [-0.4, -0.2) is 55.0 Å². The van der Waals surface area contributed by atoms with Crippen molar-refractivity contribution in [3.8, 4) is 0 Å². The van der Waals surface area contributed by atoms with Crippen LogP contribution in [0.4, 0.5) is 11.4 Å². The number of benzene rings is 3. The molecule has 9 heteroatoms. The van der Waals surface area contributed by atoms with Crippen molar-refractivity contribution in [3.05, 3.63) is 94.5 Å². The van der Waals surface area contributed by atoms with Crippen LogP contribution in [0.2, 0.25) is 0 Å². The van der Waals surface area contributed by atoms with Gasteiger partial charge in [-0.3, -0.25) is 14.4 Å². The number of amides is 2. The van der Waals surface area contributed by atoms with Crippen LogP contribution in [-0.2, 0) is 9.63 Å². The van der Waals surface area contributed by atoms with Gasteiger partial charge in [-0.15, -0.1) is 0 Å². The molecular formula is C28H28N4O5. The average Bonchev–Trinajstić information content (AvgIpc) is 3.19. The fourth-order valence-corrected chi connectivity index (χ4v) is 3.94. The number of aromatic carboxylic acids is 1. The first-order valence-corrected chi connectivity index (χ1v) is 11.7. The third-order valence-corrected chi connectivity index (χ3v) is 5.87. The first kappa shape index (κ1) is 25.6. The first-order chi connectivity index (χ1) is 17.7. The standard InChI is InChI=1S/C28H28N4O5/c1-17-15-22-23(16-21(17)28(35)36)30-27(34)24(22)25(18-7-5-4-6-8-18)29-20-11-9-19(10-12-20)26(33)31-37-14-13-32(2)3/h4-12,15-16,29H,13-14H2,1-3H3,(H,30,34)(H,31,33)(H,35,36). The maximum absolute atomic E-state index is 13.1. The summed E-state index contributed by atoms with van der Waals surface area (Å²) in [5.41, 5.74) is 6.99. The summed E-state index contributed by atoms with van der Waals surface area (Å²) in [5.74, 6) is -1.75. The second-order valence-corrected chi connectivity index (χ2v) is 8.87. The molecule has 0 saturated carbocycles. The number of anilines is 2. The van der Waals surface area contributed by atoms with Gasteiger partial charge < -0.3 is 20.6 Å². The molecule has 0 bridgehead atoms. The molecule has 0 spiro atoms. The molecule has 37 heavy (non-hydrogen) atoms. The number of fused-ring (bicyclic) bond motifs is 1. The number of likely N-dealkylation sites (N-methyl/N-ethyl adjacent to an activating group) is 1. The van der Waals surface area contributed by atoms with E-state index < -0.39 is 5.97 Å². The summed E-state index contributed by atoms with van der Waals surface area (Å²) in [6.07, 6.45) is 0. The van der Waals surface area contributed by atoms with E-state index in [0.717, 1.165) is 5.56 Å². The summed E-state index contributed by atoms with van der Waals surface area (Å²) >= 11 is 0. The van der Waals surface area contributed by atoms with E-state index in [1.807, 2.05) is 49.3 Å². The molecule has 4 rings (SSSR count). The number of rotatable bonds is 9. The molecule has 3 aromatic carbocycles. The van der Waals surface area contributed by atoms with E-state index in [1.165, 1.54) is 6.07 Å². The number of hydrogen-bond donors (Lipinski definition) is 4. The molecule has 0 saturated heterocycles. The number of hydrogen-bond acceptors (Lipinski definition) is 6. The second-order valence-electron chi connectivity index (χ2n) is 8.87. The van der Waals surface area contributed by atoms with Crippen molar-refractivity contribution in [1.82, 2.24) is 10.4 Å². The number of carboxylic acids is 1. The first-order valence-electron chi connectivity index (χ1n) is 11.7. The minimum absolute atomic E-state index is 0.133. The van der Waals surface area contributed by atoms with Gasteiger partial charge in [0.15, 0.2) is 0 Å². The van der Waals surface area contributed by atoms with E-state index in [1.54, 1.807) is 37.3 Å². The van der Waals surface area contributed by atoms with Crippen molar-refractivity contribution in [2.24, 2.45) is 0 Å². The monoisotopic (exact) mass is 500 g/mol. The van der Waals surface area contributed by atoms with Crippen LogP contribution in [0.3, 0.4) is 0 Å². The molecule has 1 heterocycles. The van der Waals surface area contributed by atoms with Crippen LogP contribution < -0.4 is 16.1 Å². The summed E-state index contributed by atoms with van der Waals surface area (Å²) in [6.45, 7) is 2.74. The lowest BCUT2D eigenvalue weighted by atomic mass is 9.96. The molecular weight excluding hydrogens is 472 g/mol. The van der Waals surface area contributed by atoms with Gasteiger partial charge in [0.25, 0.3) is 11.8 Å². The van der Waals surface area contributed by atoms with Gasteiger partial charge in [-0.05, 0) is 68.5 Å². The van der Waals surface area contributed by atoms with Gasteiger partial charge in [0.05, 0.1) is 29.1 Å². The minimum Gasteiger partial charge on any atom is -0.478 e. The Morgan fingerprint density at radius 1 is 1.00 bits per heavy atom. The SMILES string of the molecule is Cc1cc2c(cc1C(=O)O)NC(=O)C2=C(Nc1ccc(C(=O)NOCCN(C)C)cc1)c1ccccc1. The number of hydroxylamine groups is 1. The van der Waals surface area contributed by atoms with Crippen molar-refractivity contribution in [2.45, 2.75) is 6.92 Å². The zero-order valence-electron chi connectivity index (χ0n) is 20.8. The van der Waals surface area contributed by atoms with E-state index in [4.69, 9.17) is 4.84 Å². The van der Waals surface area contributed by atoms with E-state index >= 15 is 0 Å². The molecule has 0 atom stereocenters. The average molecular weight is 501 g/mol. The molecule has 9 nitrogen and oxygen atoms in total. The van der Waals surface area contributed by atoms with Gasteiger partial charge in [-0.2, -0.15) is 0 Å². The highest BCUT2D eigenvalue weighted by Gasteiger charge is 2.30. The Balaban J connectivity index is 1.65. The smallest absolute Gasteiger partial charge is 0.336 e. The van der Waals surface area contributed by atoms with E-state index in [2.05, 4.69) is 16.1 Å². The van der Waals surface area contributed by atoms with E-state index in [0.29, 0.717) is 52.5 Å². The van der Waals surface area contributed by atoms with Crippen molar-refractivity contribution < 1.29 is 24.3 Å². The van der Waals surface area contributed by atoms with E-state index in [-0.39, 0.29) is 17.4 Å². The number of nitrogens with zero attached hydrogens (tertiary/aromatic N) is 1. The Kier molecular flexibility index (Phi) is 7.66. The van der Waals surface area contributed by atoms with Crippen molar-refractivity contribution in [2.75, 3.05) is 37.9 Å². The topological polar surface area (TPSA) is 120 Å². The fourth-order valence-electron chi connectivity index (χ4n) is 3.94. The Labute approximate surface area is 214 Å². The molecule has 0 fully saturated rings. The number of carbonyl (C=O) groups is 3. The lowest BCUT2D eigenvalue weighted by Gasteiger charge is -2.15. The van der Waals surface area contributed by atoms with Crippen LogP contribution in [0.5, 0.6) is 0 Å². The molecule has 190 valence electrons. The largest absolute Gasteiger partial charge is 0.478 e. The molecule has 0 aromatic heterocycles. The van der Waals surface area contributed by atoms with E-state index in [9.17, 15) is 19.5 Å². The molecule has 1 aliphatic heterocycles. The lowest BCUT2D eigenvalue weighted by molar-refractivity contribution is -0.110. The van der Waals surface area contributed by atoms with Crippen molar-refractivity contribution in [3.63, 3.8) is 0 Å². The van der Waals surface area contributed by atoms with Gasteiger partial charge in [-0.1, -0.05) is 30.3 Å². The van der Waals surface area contributed by atoms with Gasteiger partial charge in [0.1, 0.15) is 0 Å². The quantitative estimate of drug-likeness (QED) is 0.200. The van der Waals surface area contributed by atoms with Gasteiger partial charge >= 0.3 is 5.97 Å². The Morgan fingerprint density at radius 2 is 1.70 bits per heavy atom. The highest BCUT2D eigenvalue weighted by molar-refractivity contribution is 6.37. The molecule has 0 aliphatic carbocycles. The fraction of sp³-hybridized carbons (Fsp3) is 0.179. The predicted molar refractivity (Wildman–Crippen MR) is 142 cm³/mol. The third-order valence-electron chi connectivity index (χ3n) is 5.87. The number of carboxylic acid groups (broad SMARTS) is 1. The number of carbonyl (C=O) groups excluding carboxylic acids is 2.